The first-order valence-corrected chi connectivity index (χ1v) is 10.7. The number of aryl methyl sites for hydroxylation is 1. The van der Waals surface area contributed by atoms with E-state index in [9.17, 15) is 9.59 Å². The summed E-state index contributed by atoms with van der Waals surface area (Å²) in [7, 11) is 0. The van der Waals surface area contributed by atoms with Gasteiger partial charge in [0.25, 0.3) is 5.91 Å². The highest BCUT2D eigenvalue weighted by atomic mass is 35.5. The lowest BCUT2D eigenvalue weighted by atomic mass is 10.1. The molecular weight excluding hydrogens is 408 g/mol. The summed E-state index contributed by atoms with van der Waals surface area (Å²) >= 11 is 7.44. The number of amides is 2. The molecule has 7 heteroatoms. The van der Waals surface area contributed by atoms with Crippen molar-refractivity contribution in [2.24, 2.45) is 0 Å². The Bertz CT molecular complexity index is 928. The molecule has 2 amide bonds. The van der Waals surface area contributed by atoms with E-state index < -0.39 is 0 Å². The van der Waals surface area contributed by atoms with Crippen LogP contribution in [-0.4, -0.2) is 30.7 Å². The molecule has 0 spiro atoms. The van der Waals surface area contributed by atoms with Crippen molar-refractivity contribution in [2.75, 3.05) is 23.8 Å². The first-order valence-electron chi connectivity index (χ1n) is 9.31. The van der Waals surface area contributed by atoms with Crippen molar-refractivity contribution >= 4 is 40.9 Å². The summed E-state index contributed by atoms with van der Waals surface area (Å²) in [5.41, 5.74) is 2.76. The quantitative estimate of drug-likeness (QED) is 0.742. The first-order chi connectivity index (χ1) is 14.0. The molecule has 0 unspecified atom stereocenters. The van der Waals surface area contributed by atoms with E-state index in [1.807, 2.05) is 31.2 Å². The number of nitrogens with one attached hydrogen (secondary N) is 1. The van der Waals surface area contributed by atoms with Gasteiger partial charge in [-0.15, -0.1) is 11.8 Å². The number of ether oxygens (including phenoxy) is 1. The summed E-state index contributed by atoms with van der Waals surface area (Å²) in [6.07, 6.45) is 0. The summed E-state index contributed by atoms with van der Waals surface area (Å²) in [4.78, 5) is 27.9. The van der Waals surface area contributed by atoms with Crippen LogP contribution in [0.1, 0.15) is 18.1 Å². The third-order valence-electron chi connectivity index (χ3n) is 4.58. The number of halogens is 1. The topological polar surface area (TPSA) is 58.6 Å². The van der Waals surface area contributed by atoms with Gasteiger partial charge >= 0.3 is 0 Å². The molecule has 29 heavy (non-hydrogen) atoms. The fraction of sp³-hybridized carbons (Fsp3) is 0.273. The van der Waals surface area contributed by atoms with Crippen LogP contribution in [0, 0.1) is 6.92 Å². The SMILES string of the molecule is CC1=C(C(=O)N(CC(=O)NCc2ccccc2C)c2ccc(Cl)cc2)SCCO1. The number of carbonyl (C=O) groups excluding carboxylic acids is 2. The number of nitrogens with zero attached hydrogens (tertiary/aromatic N) is 1. The van der Waals surface area contributed by atoms with Crippen molar-refractivity contribution in [2.45, 2.75) is 20.4 Å². The molecule has 5 nitrogen and oxygen atoms in total. The van der Waals surface area contributed by atoms with E-state index in [1.165, 1.54) is 16.7 Å². The summed E-state index contributed by atoms with van der Waals surface area (Å²) < 4.78 is 5.53. The molecule has 1 heterocycles. The van der Waals surface area contributed by atoms with E-state index >= 15 is 0 Å². The van der Waals surface area contributed by atoms with Crippen LogP contribution in [0.5, 0.6) is 0 Å². The van der Waals surface area contributed by atoms with Gasteiger partial charge in [-0.25, -0.2) is 0 Å². The number of hydrogen-bond acceptors (Lipinski definition) is 4. The van der Waals surface area contributed by atoms with Gasteiger partial charge in [0.2, 0.25) is 5.91 Å². The highest BCUT2D eigenvalue weighted by Gasteiger charge is 2.27. The Morgan fingerprint density at radius 3 is 2.55 bits per heavy atom. The van der Waals surface area contributed by atoms with Gasteiger partial charge in [-0.1, -0.05) is 35.9 Å². The lowest BCUT2D eigenvalue weighted by Crippen LogP contribution is -2.41. The summed E-state index contributed by atoms with van der Waals surface area (Å²) in [5, 5.41) is 3.47. The molecule has 3 rings (SSSR count). The first kappa shape index (κ1) is 21.3. The van der Waals surface area contributed by atoms with Gasteiger partial charge in [-0.3, -0.25) is 14.5 Å². The predicted molar refractivity (Wildman–Crippen MR) is 118 cm³/mol. The zero-order chi connectivity index (χ0) is 20.8. The minimum atomic E-state index is -0.249. The lowest BCUT2D eigenvalue weighted by molar-refractivity contribution is -0.122. The van der Waals surface area contributed by atoms with Crippen LogP contribution in [-0.2, 0) is 20.9 Å². The monoisotopic (exact) mass is 430 g/mol. The van der Waals surface area contributed by atoms with Crippen LogP contribution in [0.4, 0.5) is 5.69 Å². The molecule has 0 atom stereocenters. The van der Waals surface area contributed by atoms with Gasteiger partial charge in [-0.05, 0) is 49.2 Å². The second-order valence-electron chi connectivity index (χ2n) is 6.65. The number of allylic oxidation sites excluding steroid dienone is 1. The zero-order valence-electron chi connectivity index (χ0n) is 16.4. The maximum absolute atomic E-state index is 13.2. The molecule has 1 aliphatic heterocycles. The number of thioether (sulfide) groups is 1. The maximum atomic E-state index is 13.2. The van der Waals surface area contributed by atoms with Crippen molar-refractivity contribution < 1.29 is 14.3 Å². The molecule has 0 saturated carbocycles. The summed E-state index contributed by atoms with van der Waals surface area (Å²) in [6.45, 7) is 4.67. The Morgan fingerprint density at radius 2 is 1.86 bits per heavy atom. The number of rotatable bonds is 6. The van der Waals surface area contributed by atoms with Crippen LogP contribution in [0.2, 0.25) is 5.02 Å². The lowest BCUT2D eigenvalue weighted by Gasteiger charge is -2.26. The molecule has 0 aromatic heterocycles. The predicted octanol–water partition coefficient (Wildman–Crippen LogP) is 4.29. The number of benzene rings is 2. The van der Waals surface area contributed by atoms with Gasteiger partial charge < -0.3 is 10.1 Å². The Morgan fingerprint density at radius 1 is 1.14 bits per heavy atom. The van der Waals surface area contributed by atoms with Crippen LogP contribution in [0.25, 0.3) is 0 Å². The van der Waals surface area contributed by atoms with Gasteiger partial charge in [0.05, 0.1) is 6.61 Å². The van der Waals surface area contributed by atoms with E-state index in [0.717, 1.165) is 11.1 Å². The van der Waals surface area contributed by atoms with E-state index in [4.69, 9.17) is 16.3 Å². The number of hydrogen-bond donors (Lipinski definition) is 1. The van der Waals surface area contributed by atoms with E-state index in [1.54, 1.807) is 31.2 Å². The van der Waals surface area contributed by atoms with Gasteiger partial charge in [0.1, 0.15) is 17.2 Å². The molecular formula is C22H23ClN2O3S. The van der Waals surface area contributed by atoms with Crippen LogP contribution in [0.15, 0.2) is 59.2 Å². The molecule has 2 aromatic rings. The fourth-order valence-corrected chi connectivity index (χ4v) is 3.94. The zero-order valence-corrected chi connectivity index (χ0v) is 18.0. The summed E-state index contributed by atoms with van der Waals surface area (Å²) in [5.74, 6) is 0.800. The highest BCUT2D eigenvalue weighted by Crippen LogP contribution is 2.29. The van der Waals surface area contributed by atoms with Gasteiger partial charge in [0, 0.05) is 23.0 Å². The van der Waals surface area contributed by atoms with Gasteiger partial charge in [0.15, 0.2) is 0 Å². The van der Waals surface area contributed by atoms with Crippen molar-refractivity contribution in [3.05, 3.63) is 75.3 Å². The molecule has 0 radical (unpaired) electrons. The number of anilines is 1. The van der Waals surface area contributed by atoms with E-state index in [2.05, 4.69) is 5.32 Å². The maximum Gasteiger partial charge on any atom is 0.268 e. The molecule has 1 aliphatic rings. The van der Waals surface area contributed by atoms with Crippen molar-refractivity contribution in [3.8, 4) is 0 Å². The second kappa shape index (κ2) is 9.85. The normalized spacial score (nSPS) is 13.6. The highest BCUT2D eigenvalue weighted by molar-refractivity contribution is 8.04. The van der Waals surface area contributed by atoms with Crippen molar-refractivity contribution in [1.82, 2.24) is 5.32 Å². The molecule has 0 saturated heterocycles. The fourth-order valence-electron chi connectivity index (χ4n) is 2.94. The Kier molecular flexibility index (Phi) is 7.23. The Labute approximate surface area is 180 Å². The number of carbonyl (C=O) groups is 2. The van der Waals surface area contributed by atoms with Crippen molar-refractivity contribution in [3.63, 3.8) is 0 Å². The Balaban J connectivity index is 1.77. The Hall–Kier alpha value is -2.44. The third kappa shape index (κ3) is 5.55. The van der Waals surface area contributed by atoms with E-state index in [-0.39, 0.29) is 18.4 Å². The second-order valence-corrected chi connectivity index (χ2v) is 8.19. The van der Waals surface area contributed by atoms with Crippen LogP contribution < -0.4 is 10.2 Å². The molecule has 2 aromatic carbocycles. The van der Waals surface area contributed by atoms with Gasteiger partial charge in [-0.2, -0.15) is 0 Å². The minimum absolute atomic E-state index is 0.0936. The molecule has 0 fully saturated rings. The molecule has 0 bridgehead atoms. The smallest absolute Gasteiger partial charge is 0.268 e. The average molecular weight is 431 g/mol. The van der Waals surface area contributed by atoms with Crippen molar-refractivity contribution in [1.29, 1.82) is 0 Å². The molecule has 0 aliphatic carbocycles. The minimum Gasteiger partial charge on any atom is -0.496 e. The largest absolute Gasteiger partial charge is 0.496 e. The third-order valence-corrected chi connectivity index (χ3v) is 5.96. The molecule has 1 N–H and O–H groups in total. The van der Waals surface area contributed by atoms with Crippen LogP contribution in [0.3, 0.4) is 0 Å². The van der Waals surface area contributed by atoms with E-state index in [0.29, 0.717) is 40.3 Å². The van der Waals surface area contributed by atoms with Crippen LogP contribution >= 0.6 is 23.4 Å². The molecule has 152 valence electrons. The summed E-state index contributed by atoms with van der Waals surface area (Å²) in [6, 6.07) is 14.7. The average Bonchev–Trinajstić information content (AvgIpc) is 2.72. The standard InChI is InChI=1S/C22H23ClN2O3S/c1-15-5-3-4-6-17(15)13-24-20(26)14-25(19-9-7-18(23)8-10-19)22(27)21-16(2)28-11-12-29-21/h3-10H,11-14H2,1-2H3,(H,24,26).